The van der Waals surface area contributed by atoms with Gasteiger partial charge in [0.1, 0.15) is 4.75 Å². The zero-order valence-corrected chi connectivity index (χ0v) is 8.07. The van der Waals surface area contributed by atoms with Crippen molar-refractivity contribution in [2.24, 2.45) is 5.92 Å². The number of methoxy groups -OCH3 is 1. The fourth-order valence-corrected chi connectivity index (χ4v) is 3.28. The average molecular weight is 199 g/mol. The van der Waals surface area contributed by atoms with Crippen LogP contribution >= 0.6 is 10.7 Å². The molecule has 0 saturated heterocycles. The molecule has 11 heavy (non-hydrogen) atoms. The molecule has 2 unspecified atom stereocenters. The van der Waals surface area contributed by atoms with E-state index in [0.717, 1.165) is 0 Å². The van der Waals surface area contributed by atoms with Gasteiger partial charge in [0.25, 0.3) is 0 Å². The minimum Gasteiger partial charge on any atom is -0.383 e. The van der Waals surface area contributed by atoms with E-state index in [0.29, 0.717) is 6.42 Å². The van der Waals surface area contributed by atoms with Gasteiger partial charge in [-0.3, -0.25) is 0 Å². The maximum absolute atomic E-state index is 11.0. The summed E-state index contributed by atoms with van der Waals surface area (Å²) in [7, 11) is 3.28. The van der Waals surface area contributed by atoms with Gasteiger partial charge in [-0.2, -0.15) is 0 Å². The molecule has 0 bridgehead atoms. The van der Waals surface area contributed by atoms with Crippen molar-refractivity contribution in [1.29, 1.82) is 0 Å². The van der Waals surface area contributed by atoms with Crippen LogP contribution in [0, 0.1) is 5.92 Å². The van der Waals surface area contributed by atoms with E-state index in [1.165, 1.54) is 7.11 Å². The van der Waals surface area contributed by atoms with E-state index in [1.54, 1.807) is 0 Å². The van der Waals surface area contributed by atoms with Gasteiger partial charge in [-0.05, 0) is 12.3 Å². The third-order valence-electron chi connectivity index (χ3n) is 2.26. The van der Waals surface area contributed by atoms with E-state index in [2.05, 4.69) is 0 Å². The molecule has 0 heterocycles. The van der Waals surface area contributed by atoms with Crippen molar-refractivity contribution >= 4 is 19.7 Å². The second-order valence-electron chi connectivity index (χ2n) is 3.04. The van der Waals surface area contributed by atoms with Crippen LogP contribution in [-0.2, 0) is 13.8 Å². The highest BCUT2D eigenvalue weighted by Crippen LogP contribution is 2.51. The van der Waals surface area contributed by atoms with E-state index in [9.17, 15) is 8.42 Å². The highest BCUT2D eigenvalue weighted by atomic mass is 35.7. The molecule has 0 N–H and O–H groups in total. The Hall–Kier alpha value is 0.200. The summed E-state index contributed by atoms with van der Waals surface area (Å²) in [6.07, 6.45) is 0.618. The quantitative estimate of drug-likeness (QED) is 0.635. The molecule has 2 atom stereocenters. The third-order valence-corrected chi connectivity index (χ3v) is 4.84. The Morgan fingerprint density at radius 3 is 2.27 bits per heavy atom. The monoisotopic (exact) mass is 198 g/mol. The molecule has 3 nitrogen and oxygen atoms in total. The molecule has 66 valence electrons. The second kappa shape index (κ2) is 2.61. The van der Waals surface area contributed by atoms with Crippen molar-refractivity contribution in [2.45, 2.75) is 18.1 Å². The molecule has 0 aliphatic heterocycles. The topological polar surface area (TPSA) is 43.4 Å². The molecule has 0 aromatic carbocycles. The van der Waals surface area contributed by atoms with Crippen LogP contribution < -0.4 is 0 Å². The fraction of sp³-hybridized carbons (Fsp3) is 1.00. The minimum atomic E-state index is -3.46. The Morgan fingerprint density at radius 2 is 2.18 bits per heavy atom. The summed E-state index contributed by atoms with van der Waals surface area (Å²) in [6.45, 7) is 2.07. The molecule has 1 aliphatic rings. The summed E-state index contributed by atoms with van der Waals surface area (Å²) in [5, 5.41) is 0. The lowest BCUT2D eigenvalue weighted by Gasteiger charge is -2.10. The van der Waals surface area contributed by atoms with Crippen LogP contribution in [0.4, 0.5) is 0 Å². The Balaban J connectivity index is 2.81. The van der Waals surface area contributed by atoms with Crippen LogP contribution in [0.25, 0.3) is 0 Å². The van der Waals surface area contributed by atoms with Gasteiger partial charge in [0.15, 0.2) is 0 Å². The summed E-state index contributed by atoms with van der Waals surface area (Å²) in [4.78, 5) is 0. The van der Waals surface area contributed by atoms with Gasteiger partial charge in [0.05, 0.1) is 6.61 Å². The molecule has 1 saturated carbocycles. The lowest BCUT2D eigenvalue weighted by molar-refractivity contribution is 0.189. The SMILES string of the molecule is COCC1(S(=O)(=O)Cl)CC1C. The minimum absolute atomic E-state index is 0.130. The van der Waals surface area contributed by atoms with E-state index < -0.39 is 13.8 Å². The van der Waals surface area contributed by atoms with Gasteiger partial charge >= 0.3 is 0 Å². The number of halogens is 1. The summed E-state index contributed by atoms with van der Waals surface area (Å²) in [5.41, 5.74) is 0. The number of ether oxygens (including phenoxy) is 1. The summed E-state index contributed by atoms with van der Waals surface area (Å²) in [6, 6.07) is 0. The Kier molecular flexibility index (Phi) is 2.20. The van der Waals surface area contributed by atoms with Gasteiger partial charge in [-0.1, -0.05) is 6.92 Å². The maximum Gasteiger partial charge on any atom is 0.240 e. The van der Waals surface area contributed by atoms with E-state index >= 15 is 0 Å². The van der Waals surface area contributed by atoms with Gasteiger partial charge in [0.2, 0.25) is 9.05 Å². The molecule has 1 aliphatic carbocycles. The summed E-state index contributed by atoms with van der Waals surface area (Å²) >= 11 is 0. The zero-order chi connectivity index (χ0) is 8.70. The van der Waals surface area contributed by atoms with Crippen molar-refractivity contribution in [2.75, 3.05) is 13.7 Å². The molecule has 1 rings (SSSR count). The van der Waals surface area contributed by atoms with Crippen LogP contribution in [-0.4, -0.2) is 26.9 Å². The van der Waals surface area contributed by atoms with Crippen molar-refractivity contribution in [3.05, 3.63) is 0 Å². The Bertz CT molecular complexity index is 249. The zero-order valence-electron chi connectivity index (χ0n) is 6.50. The smallest absolute Gasteiger partial charge is 0.240 e. The molecular formula is C6H11ClO3S. The predicted octanol–water partition coefficient (Wildman–Crippen LogP) is 0.980. The molecule has 1 fully saturated rings. The van der Waals surface area contributed by atoms with Crippen molar-refractivity contribution in [3.63, 3.8) is 0 Å². The van der Waals surface area contributed by atoms with Gasteiger partial charge in [-0.25, -0.2) is 8.42 Å². The molecule has 0 aromatic heterocycles. The molecule has 0 radical (unpaired) electrons. The predicted molar refractivity (Wildman–Crippen MR) is 43.2 cm³/mol. The van der Waals surface area contributed by atoms with Gasteiger partial charge < -0.3 is 4.74 Å². The standard InChI is InChI=1S/C6H11ClO3S/c1-5-3-6(5,4-10-2)11(7,8)9/h5H,3-4H2,1-2H3. The van der Waals surface area contributed by atoms with Crippen LogP contribution in [0.15, 0.2) is 0 Å². The van der Waals surface area contributed by atoms with Gasteiger partial charge in [-0.15, -0.1) is 0 Å². The van der Waals surface area contributed by atoms with Gasteiger partial charge in [0, 0.05) is 17.8 Å². The number of hydrogen-bond acceptors (Lipinski definition) is 3. The first-order chi connectivity index (χ1) is 4.94. The first-order valence-electron chi connectivity index (χ1n) is 3.37. The maximum atomic E-state index is 11.0. The van der Waals surface area contributed by atoms with Crippen molar-refractivity contribution in [3.8, 4) is 0 Å². The van der Waals surface area contributed by atoms with Crippen molar-refractivity contribution in [1.82, 2.24) is 0 Å². The highest BCUT2D eigenvalue weighted by molar-refractivity contribution is 8.15. The Morgan fingerprint density at radius 1 is 1.73 bits per heavy atom. The molecular weight excluding hydrogens is 188 g/mol. The van der Waals surface area contributed by atoms with E-state index in [-0.39, 0.29) is 12.5 Å². The van der Waals surface area contributed by atoms with Crippen LogP contribution in [0.1, 0.15) is 13.3 Å². The number of hydrogen-bond donors (Lipinski definition) is 0. The van der Waals surface area contributed by atoms with E-state index in [1.807, 2.05) is 6.92 Å². The van der Waals surface area contributed by atoms with E-state index in [4.69, 9.17) is 15.4 Å². The molecule has 5 heteroatoms. The highest BCUT2D eigenvalue weighted by Gasteiger charge is 2.60. The van der Waals surface area contributed by atoms with Crippen molar-refractivity contribution < 1.29 is 13.2 Å². The largest absolute Gasteiger partial charge is 0.383 e. The van der Waals surface area contributed by atoms with Crippen LogP contribution in [0.5, 0.6) is 0 Å². The average Bonchev–Trinajstić information content (AvgIpc) is 2.42. The van der Waals surface area contributed by atoms with Crippen LogP contribution in [0.3, 0.4) is 0 Å². The molecule has 0 spiro atoms. The fourth-order valence-electron chi connectivity index (χ4n) is 1.32. The lowest BCUT2D eigenvalue weighted by Crippen LogP contribution is -2.26. The molecule has 0 aromatic rings. The van der Waals surface area contributed by atoms with Crippen LogP contribution in [0.2, 0.25) is 0 Å². The first-order valence-corrected chi connectivity index (χ1v) is 5.68. The second-order valence-corrected chi connectivity index (χ2v) is 5.95. The first kappa shape index (κ1) is 9.29. The third kappa shape index (κ3) is 1.39. The Labute approximate surface area is 71.1 Å². The normalized spacial score (nSPS) is 37.2. The number of rotatable bonds is 3. The molecule has 0 amide bonds. The summed E-state index contributed by atoms with van der Waals surface area (Å²) in [5.74, 6) is 0.130. The summed E-state index contributed by atoms with van der Waals surface area (Å²) < 4.78 is 26.0. The lowest BCUT2D eigenvalue weighted by atomic mass is 10.3.